The van der Waals surface area contributed by atoms with Gasteiger partial charge in [-0.1, -0.05) is 30.0 Å². The van der Waals surface area contributed by atoms with Crippen LogP contribution in [-0.2, 0) is 9.84 Å². The maximum Gasteiger partial charge on any atom is 0.188 e. The van der Waals surface area contributed by atoms with Crippen LogP contribution in [0.2, 0.25) is 0 Å². The number of pyridine rings is 1. The van der Waals surface area contributed by atoms with Crippen LogP contribution in [-0.4, -0.2) is 18.5 Å². The van der Waals surface area contributed by atoms with Crippen LogP contribution in [0.5, 0.6) is 0 Å². The summed E-state index contributed by atoms with van der Waals surface area (Å²) in [5, 5.41) is 9.51. The highest BCUT2D eigenvalue weighted by molar-refractivity contribution is 8.12. The van der Waals surface area contributed by atoms with E-state index in [0.717, 1.165) is 23.0 Å². The molecule has 0 spiro atoms. The number of rotatable bonds is 4. The Morgan fingerprint density at radius 3 is 2.52 bits per heavy atom. The number of nitrogens with zero attached hydrogens (tertiary/aromatic N) is 2. The molecule has 1 aromatic heterocycles. The molecule has 0 saturated carbocycles. The molecule has 0 N–H and O–H groups in total. The molecule has 6 heteroatoms. The highest BCUT2D eigenvalue weighted by atomic mass is 32.3. The average Bonchev–Trinajstić information content (AvgIpc) is 2.46. The first-order chi connectivity index (χ1) is 9.94. The van der Waals surface area contributed by atoms with Gasteiger partial charge in [0.25, 0.3) is 0 Å². The molecule has 0 radical (unpaired) electrons. The van der Waals surface area contributed by atoms with E-state index in [4.69, 9.17) is 0 Å². The summed E-state index contributed by atoms with van der Waals surface area (Å²) in [6.07, 6.45) is 0. The van der Waals surface area contributed by atoms with E-state index < -0.39 is 9.84 Å². The van der Waals surface area contributed by atoms with Gasteiger partial charge >= 0.3 is 0 Å². The van der Waals surface area contributed by atoms with Gasteiger partial charge in [0.2, 0.25) is 0 Å². The minimum atomic E-state index is -3.40. The fourth-order valence-electron chi connectivity index (χ4n) is 1.87. The second-order valence-electron chi connectivity index (χ2n) is 4.56. The Bertz CT molecular complexity index is 794. The summed E-state index contributed by atoms with van der Waals surface area (Å²) < 4.78 is 24.5. The third kappa shape index (κ3) is 3.63. The van der Waals surface area contributed by atoms with Gasteiger partial charge in [0.15, 0.2) is 9.84 Å². The molecule has 0 bridgehead atoms. The molecule has 0 unspecified atom stereocenters. The number of benzene rings is 1. The molecule has 1 heterocycles. The molecule has 2 aromatic rings. The maximum atomic E-state index is 12.2. The van der Waals surface area contributed by atoms with Crippen LogP contribution in [0, 0.1) is 25.2 Å². The van der Waals surface area contributed by atoms with Crippen LogP contribution in [0.3, 0.4) is 0 Å². The Morgan fingerprint density at radius 1 is 1.24 bits per heavy atom. The van der Waals surface area contributed by atoms with Crippen molar-refractivity contribution in [3.05, 3.63) is 53.2 Å². The van der Waals surface area contributed by atoms with E-state index in [2.05, 4.69) is 11.1 Å². The zero-order valence-corrected chi connectivity index (χ0v) is 13.3. The molecular formula is C15H14N2O2S2. The molecule has 0 fully saturated rings. The highest BCUT2D eigenvalue weighted by Gasteiger charge is 2.17. The topological polar surface area (TPSA) is 70.8 Å². The van der Waals surface area contributed by atoms with Crippen molar-refractivity contribution >= 4 is 21.6 Å². The number of sulfone groups is 1. The number of aromatic nitrogens is 1. The number of aryl methyl sites for hydroxylation is 2. The minimum Gasteiger partial charge on any atom is -0.245 e. The van der Waals surface area contributed by atoms with Gasteiger partial charge in [-0.15, -0.1) is 0 Å². The average molecular weight is 318 g/mol. The predicted octanol–water partition coefficient (Wildman–Crippen LogP) is 3.09. The van der Waals surface area contributed by atoms with Gasteiger partial charge in [0, 0.05) is 5.69 Å². The van der Waals surface area contributed by atoms with E-state index in [-0.39, 0.29) is 9.98 Å². The first-order valence-corrected chi connectivity index (χ1v) is 8.87. The third-order valence-electron chi connectivity index (χ3n) is 2.88. The minimum absolute atomic E-state index is 0.137. The van der Waals surface area contributed by atoms with Crippen LogP contribution in [0.15, 0.2) is 46.3 Å². The quantitative estimate of drug-likeness (QED) is 0.810. The smallest absolute Gasteiger partial charge is 0.188 e. The molecule has 0 amide bonds. The van der Waals surface area contributed by atoms with Crippen molar-refractivity contribution in [1.82, 2.24) is 4.98 Å². The molecule has 0 atom stereocenters. The summed E-state index contributed by atoms with van der Waals surface area (Å²) >= 11 is 1.08. The highest BCUT2D eigenvalue weighted by Crippen LogP contribution is 2.26. The standard InChI is InChI=1S/C15H14N2O2S2/c1-11-8-12(2)17-15(14(11)9-16)20-10-21(18,19)13-6-4-3-5-7-13/h3-8H,10H2,1-2H3. The summed E-state index contributed by atoms with van der Waals surface area (Å²) in [5.41, 5.74) is 2.02. The van der Waals surface area contributed by atoms with Gasteiger partial charge in [0.1, 0.15) is 16.2 Å². The molecule has 0 saturated heterocycles. The molecule has 2 rings (SSSR count). The largest absolute Gasteiger partial charge is 0.245 e. The zero-order chi connectivity index (χ0) is 15.5. The second kappa shape index (κ2) is 6.29. The lowest BCUT2D eigenvalue weighted by atomic mass is 10.1. The van der Waals surface area contributed by atoms with Gasteiger partial charge in [-0.25, -0.2) is 13.4 Å². The molecule has 21 heavy (non-hydrogen) atoms. The van der Waals surface area contributed by atoms with Gasteiger partial charge in [0.05, 0.1) is 10.5 Å². The Labute approximate surface area is 128 Å². The fourth-order valence-corrected chi connectivity index (χ4v) is 4.61. The van der Waals surface area contributed by atoms with E-state index in [1.165, 1.54) is 0 Å². The first kappa shape index (κ1) is 15.5. The van der Waals surface area contributed by atoms with Crippen molar-refractivity contribution in [2.45, 2.75) is 23.8 Å². The predicted molar refractivity (Wildman–Crippen MR) is 82.8 cm³/mol. The second-order valence-corrected chi connectivity index (χ2v) is 7.88. The Hall–Kier alpha value is -1.84. The molecule has 4 nitrogen and oxygen atoms in total. The lowest BCUT2D eigenvalue weighted by Gasteiger charge is -2.08. The van der Waals surface area contributed by atoms with Gasteiger partial charge in [-0.05, 0) is 37.6 Å². The van der Waals surface area contributed by atoms with Crippen molar-refractivity contribution in [3.63, 3.8) is 0 Å². The molecular weight excluding hydrogens is 304 g/mol. The number of hydrogen-bond donors (Lipinski definition) is 0. The lowest BCUT2D eigenvalue weighted by molar-refractivity contribution is 0.601. The van der Waals surface area contributed by atoms with Gasteiger partial charge < -0.3 is 0 Å². The number of hydrogen-bond acceptors (Lipinski definition) is 5. The molecule has 0 aliphatic carbocycles. The zero-order valence-electron chi connectivity index (χ0n) is 11.7. The van der Waals surface area contributed by atoms with Crippen LogP contribution in [0.4, 0.5) is 0 Å². The normalized spacial score (nSPS) is 11.1. The van der Waals surface area contributed by atoms with Crippen molar-refractivity contribution < 1.29 is 8.42 Å². The Kier molecular flexibility index (Phi) is 4.66. The molecule has 0 aliphatic heterocycles. The molecule has 1 aromatic carbocycles. The van der Waals surface area contributed by atoms with E-state index in [0.29, 0.717) is 10.6 Å². The summed E-state index contributed by atoms with van der Waals surface area (Å²) in [6, 6.07) is 12.2. The van der Waals surface area contributed by atoms with E-state index in [9.17, 15) is 13.7 Å². The monoisotopic (exact) mass is 318 g/mol. The molecule has 108 valence electrons. The van der Waals surface area contributed by atoms with Gasteiger partial charge in [-0.2, -0.15) is 5.26 Å². The van der Waals surface area contributed by atoms with Crippen LogP contribution in [0.25, 0.3) is 0 Å². The fraction of sp³-hybridized carbons (Fsp3) is 0.200. The van der Waals surface area contributed by atoms with Crippen molar-refractivity contribution in [1.29, 1.82) is 5.26 Å². The van der Waals surface area contributed by atoms with E-state index in [1.807, 2.05) is 19.9 Å². The number of nitriles is 1. The lowest BCUT2D eigenvalue weighted by Crippen LogP contribution is -2.05. The summed E-state index contributed by atoms with van der Waals surface area (Å²) in [7, 11) is -3.40. The van der Waals surface area contributed by atoms with Crippen LogP contribution >= 0.6 is 11.8 Å². The van der Waals surface area contributed by atoms with Crippen molar-refractivity contribution in [3.8, 4) is 6.07 Å². The molecule has 0 aliphatic rings. The van der Waals surface area contributed by atoms with Gasteiger partial charge in [-0.3, -0.25) is 0 Å². The van der Waals surface area contributed by atoms with Crippen molar-refractivity contribution in [2.75, 3.05) is 5.08 Å². The summed E-state index contributed by atoms with van der Waals surface area (Å²) in [6.45, 7) is 3.65. The first-order valence-electron chi connectivity index (χ1n) is 6.23. The summed E-state index contributed by atoms with van der Waals surface area (Å²) in [5.74, 6) is 0. The van der Waals surface area contributed by atoms with Crippen molar-refractivity contribution in [2.24, 2.45) is 0 Å². The number of thioether (sulfide) groups is 1. The van der Waals surface area contributed by atoms with Crippen LogP contribution in [0.1, 0.15) is 16.8 Å². The SMILES string of the molecule is Cc1cc(C)c(C#N)c(SCS(=O)(=O)c2ccccc2)n1. The van der Waals surface area contributed by atoms with Crippen LogP contribution < -0.4 is 0 Å². The Balaban J connectivity index is 2.27. The maximum absolute atomic E-state index is 12.2. The van der Waals surface area contributed by atoms with E-state index in [1.54, 1.807) is 30.3 Å². The summed E-state index contributed by atoms with van der Waals surface area (Å²) in [4.78, 5) is 4.56. The van der Waals surface area contributed by atoms with E-state index >= 15 is 0 Å². The Morgan fingerprint density at radius 2 is 1.90 bits per heavy atom. The third-order valence-corrected chi connectivity index (χ3v) is 6.15.